The number of hydrogen-bond donors (Lipinski definition) is 2. The number of rotatable bonds is 4. The molecule has 0 radical (unpaired) electrons. The quantitative estimate of drug-likeness (QED) is 0.894. The summed E-state index contributed by atoms with van der Waals surface area (Å²) in [5, 5.41) is 9.30. The summed E-state index contributed by atoms with van der Waals surface area (Å²) >= 11 is 0. The minimum atomic E-state index is -0.251. The van der Waals surface area contributed by atoms with Gasteiger partial charge in [-0.05, 0) is 12.6 Å². The van der Waals surface area contributed by atoms with E-state index in [0.29, 0.717) is 6.54 Å². The molecule has 5 nitrogen and oxygen atoms in total. The number of hydrogen-bond acceptors (Lipinski definition) is 4. The van der Waals surface area contributed by atoms with Crippen LogP contribution in [0.1, 0.15) is 5.56 Å². The predicted molar refractivity (Wildman–Crippen MR) is 89.7 cm³/mol. The van der Waals surface area contributed by atoms with Crippen molar-refractivity contribution in [3.8, 4) is 11.3 Å². The lowest BCUT2D eigenvalue weighted by atomic mass is 10.1. The minimum absolute atomic E-state index is 0.00712. The van der Waals surface area contributed by atoms with Gasteiger partial charge in [0, 0.05) is 37.9 Å². The zero-order valence-electron chi connectivity index (χ0n) is 13.2. The van der Waals surface area contributed by atoms with Gasteiger partial charge in [-0.2, -0.15) is 0 Å². The monoisotopic (exact) mass is 300 g/mol. The van der Waals surface area contributed by atoms with Gasteiger partial charge in [-0.15, -0.1) is 0 Å². The van der Waals surface area contributed by atoms with Crippen LogP contribution in [0.3, 0.4) is 0 Å². The summed E-state index contributed by atoms with van der Waals surface area (Å²) in [5.74, 6) is 0. The number of benzene rings is 1. The molecule has 1 aliphatic heterocycles. The lowest BCUT2D eigenvalue weighted by molar-refractivity contribution is 0.254. The minimum Gasteiger partial charge on any atom is -0.395 e. The number of anilines is 1. The fourth-order valence-electron chi connectivity index (χ4n) is 3.22. The third kappa shape index (κ3) is 2.75. The van der Waals surface area contributed by atoms with Crippen LogP contribution in [-0.2, 0) is 13.1 Å². The Morgan fingerprint density at radius 2 is 1.95 bits per heavy atom. The van der Waals surface area contributed by atoms with Crippen molar-refractivity contribution in [2.75, 3.05) is 32.3 Å². The third-order valence-corrected chi connectivity index (χ3v) is 4.17. The molecule has 2 heterocycles. The molecule has 0 saturated heterocycles. The number of nitrogens with zero attached hydrogens (tertiary/aromatic N) is 3. The molecule has 3 N–H and O–H groups in total. The first-order valence-corrected chi connectivity index (χ1v) is 7.63. The molecule has 5 heteroatoms. The molecule has 1 aromatic carbocycles. The first-order chi connectivity index (χ1) is 10.6. The average Bonchev–Trinajstić information content (AvgIpc) is 2.86. The van der Waals surface area contributed by atoms with E-state index in [4.69, 9.17) is 5.73 Å². The van der Waals surface area contributed by atoms with Crippen molar-refractivity contribution >= 4 is 5.69 Å². The Morgan fingerprint density at radius 3 is 2.64 bits per heavy atom. The second-order valence-corrected chi connectivity index (χ2v) is 6.16. The van der Waals surface area contributed by atoms with Crippen LogP contribution in [0.25, 0.3) is 11.3 Å². The van der Waals surface area contributed by atoms with E-state index in [-0.39, 0.29) is 12.6 Å². The van der Waals surface area contributed by atoms with E-state index in [1.54, 1.807) is 0 Å². The van der Waals surface area contributed by atoms with Gasteiger partial charge < -0.3 is 20.3 Å². The molecule has 0 amide bonds. The van der Waals surface area contributed by atoms with Crippen molar-refractivity contribution in [2.45, 2.75) is 19.1 Å². The normalized spacial score (nSPS) is 16.6. The van der Waals surface area contributed by atoms with Crippen molar-refractivity contribution in [1.29, 1.82) is 0 Å². The zero-order chi connectivity index (χ0) is 15.7. The number of fused-ring (bicyclic) bond motifs is 1. The van der Waals surface area contributed by atoms with Crippen molar-refractivity contribution < 1.29 is 5.11 Å². The molecular weight excluding hydrogens is 276 g/mol. The molecule has 1 aromatic heterocycles. The van der Waals surface area contributed by atoms with Crippen LogP contribution in [-0.4, -0.2) is 48.0 Å². The maximum atomic E-state index is 9.30. The maximum absolute atomic E-state index is 9.30. The molecule has 0 spiro atoms. The number of aromatic nitrogens is 1. The van der Waals surface area contributed by atoms with Crippen molar-refractivity contribution in [2.24, 2.45) is 5.73 Å². The van der Waals surface area contributed by atoms with Gasteiger partial charge in [0.2, 0.25) is 0 Å². The van der Waals surface area contributed by atoms with Crippen LogP contribution in [0.5, 0.6) is 0 Å². The highest BCUT2D eigenvalue weighted by atomic mass is 16.3. The Morgan fingerprint density at radius 1 is 1.23 bits per heavy atom. The third-order valence-electron chi connectivity index (χ3n) is 4.17. The largest absolute Gasteiger partial charge is 0.395 e. The molecule has 0 bridgehead atoms. The van der Waals surface area contributed by atoms with Crippen LogP contribution < -0.4 is 10.6 Å². The molecule has 22 heavy (non-hydrogen) atoms. The van der Waals surface area contributed by atoms with E-state index < -0.39 is 0 Å². The van der Waals surface area contributed by atoms with E-state index in [9.17, 15) is 5.11 Å². The van der Waals surface area contributed by atoms with Crippen molar-refractivity contribution in [3.63, 3.8) is 0 Å². The highest BCUT2D eigenvalue weighted by Gasteiger charge is 2.25. The number of aliphatic hydroxyl groups excluding tert-OH is 1. The molecule has 1 atom stereocenters. The maximum Gasteiger partial charge on any atom is 0.0704 e. The Kier molecular flexibility index (Phi) is 4.20. The summed E-state index contributed by atoms with van der Waals surface area (Å²) in [6.07, 6.45) is 2.17. The Labute approximate surface area is 131 Å². The first kappa shape index (κ1) is 15.1. The lowest BCUT2D eigenvalue weighted by Gasteiger charge is -2.32. The van der Waals surface area contributed by atoms with Gasteiger partial charge in [-0.25, -0.2) is 0 Å². The predicted octanol–water partition coefficient (Wildman–Crippen LogP) is 1.31. The zero-order valence-corrected chi connectivity index (χ0v) is 13.2. The van der Waals surface area contributed by atoms with Crippen molar-refractivity contribution in [1.82, 2.24) is 9.47 Å². The SMILES string of the molecule is CN1Cc2c(cn(CC(N)CO)c2-c2ccccc2)N(C)C1. The lowest BCUT2D eigenvalue weighted by Crippen LogP contribution is -2.37. The van der Waals surface area contributed by atoms with E-state index in [1.807, 2.05) is 6.07 Å². The first-order valence-electron chi connectivity index (χ1n) is 7.63. The second kappa shape index (κ2) is 6.12. The fourth-order valence-corrected chi connectivity index (χ4v) is 3.22. The molecule has 0 aliphatic carbocycles. The topological polar surface area (TPSA) is 57.7 Å². The van der Waals surface area contributed by atoms with Gasteiger partial charge in [-0.1, -0.05) is 30.3 Å². The summed E-state index contributed by atoms with van der Waals surface area (Å²) < 4.78 is 2.19. The van der Waals surface area contributed by atoms with E-state index >= 15 is 0 Å². The highest BCUT2D eigenvalue weighted by molar-refractivity contribution is 5.73. The summed E-state index contributed by atoms with van der Waals surface area (Å²) in [5.41, 5.74) is 11.0. The van der Waals surface area contributed by atoms with Crippen LogP contribution in [0.4, 0.5) is 5.69 Å². The molecule has 2 aromatic rings. The number of aliphatic hydroxyl groups is 1. The summed E-state index contributed by atoms with van der Waals surface area (Å²) in [6.45, 7) is 2.45. The second-order valence-electron chi connectivity index (χ2n) is 6.16. The summed E-state index contributed by atoms with van der Waals surface area (Å²) in [4.78, 5) is 4.55. The van der Waals surface area contributed by atoms with Crippen LogP contribution in [0, 0.1) is 0 Å². The molecule has 1 aliphatic rings. The van der Waals surface area contributed by atoms with Gasteiger partial charge in [0.05, 0.1) is 24.7 Å². The molecular formula is C17H24N4O. The smallest absolute Gasteiger partial charge is 0.0704 e. The highest BCUT2D eigenvalue weighted by Crippen LogP contribution is 2.36. The van der Waals surface area contributed by atoms with E-state index in [1.165, 1.54) is 22.5 Å². The van der Waals surface area contributed by atoms with E-state index in [2.05, 4.69) is 58.9 Å². The Bertz CT molecular complexity index is 638. The van der Waals surface area contributed by atoms with Gasteiger partial charge >= 0.3 is 0 Å². The van der Waals surface area contributed by atoms with Crippen molar-refractivity contribution in [3.05, 3.63) is 42.1 Å². The van der Waals surface area contributed by atoms with Gasteiger partial charge in [0.1, 0.15) is 0 Å². The van der Waals surface area contributed by atoms with E-state index in [0.717, 1.165) is 13.2 Å². The molecule has 1 unspecified atom stereocenters. The summed E-state index contributed by atoms with van der Waals surface area (Å²) in [7, 11) is 4.24. The Hall–Kier alpha value is -1.82. The number of nitrogens with two attached hydrogens (primary N) is 1. The average molecular weight is 300 g/mol. The van der Waals surface area contributed by atoms with Crippen LogP contribution in [0.15, 0.2) is 36.5 Å². The standard InChI is InChI=1S/C17H24N4O/c1-19-9-15-16(20(2)12-19)10-21(8-14(18)11-22)17(15)13-6-4-3-5-7-13/h3-7,10,14,22H,8-9,11-12,18H2,1-2H3. The molecule has 0 saturated carbocycles. The fraction of sp³-hybridized carbons (Fsp3) is 0.412. The van der Waals surface area contributed by atoms with Crippen LogP contribution in [0.2, 0.25) is 0 Å². The van der Waals surface area contributed by atoms with Gasteiger partial charge in [-0.3, -0.25) is 4.90 Å². The van der Waals surface area contributed by atoms with Gasteiger partial charge in [0.15, 0.2) is 0 Å². The Balaban J connectivity index is 2.12. The van der Waals surface area contributed by atoms with Crippen LogP contribution >= 0.6 is 0 Å². The molecule has 118 valence electrons. The molecule has 0 fully saturated rings. The van der Waals surface area contributed by atoms with Gasteiger partial charge in [0.25, 0.3) is 0 Å². The molecule has 3 rings (SSSR count). The summed E-state index contributed by atoms with van der Waals surface area (Å²) in [6, 6.07) is 10.2.